The number of primary amides is 1. The number of nitrogens with two attached hydrogens (primary N) is 1. The molecule has 0 spiro atoms. The highest BCUT2D eigenvalue weighted by molar-refractivity contribution is 5.99. The van der Waals surface area contributed by atoms with E-state index in [1.54, 1.807) is 37.3 Å². The van der Waals surface area contributed by atoms with Crippen LogP contribution in [-0.4, -0.2) is 17.1 Å². The topological polar surface area (TPSA) is 110 Å². The number of carbonyl (C=O) groups is 2. The molecule has 2 rings (SSSR count). The summed E-state index contributed by atoms with van der Waals surface area (Å²) in [5.41, 5.74) is 6.48. The van der Waals surface area contributed by atoms with E-state index in [-0.39, 0.29) is 6.42 Å². The largest absolute Gasteiger partial charge is 0.369 e. The number of aromatic nitrogens is 1. The van der Waals surface area contributed by atoms with Gasteiger partial charge in [-0.3, -0.25) is 10.1 Å². The molecule has 7 nitrogen and oxygen atoms in total. The molecule has 20 heavy (non-hydrogen) atoms. The zero-order valence-electron chi connectivity index (χ0n) is 10.8. The molecule has 0 aliphatic rings. The molecule has 0 atom stereocenters. The number of anilines is 2. The average molecular weight is 274 g/mol. The molecule has 4 N–H and O–H groups in total. The van der Waals surface area contributed by atoms with E-state index in [9.17, 15) is 9.59 Å². The van der Waals surface area contributed by atoms with Gasteiger partial charge < -0.3 is 15.6 Å². The first-order chi connectivity index (χ1) is 9.52. The summed E-state index contributed by atoms with van der Waals surface area (Å²) in [6, 6.07) is 8.00. The minimum Gasteiger partial charge on any atom is -0.369 e. The third kappa shape index (κ3) is 3.84. The molecule has 104 valence electrons. The summed E-state index contributed by atoms with van der Waals surface area (Å²) in [4.78, 5) is 22.4. The Morgan fingerprint density at radius 3 is 2.50 bits per heavy atom. The van der Waals surface area contributed by atoms with E-state index in [4.69, 9.17) is 10.3 Å². The third-order valence-corrected chi connectivity index (χ3v) is 2.46. The number of rotatable bonds is 4. The van der Waals surface area contributed by atoms with Crippen LogP contribution in [0.3, 0.4) is 0 Å². The average Bonchev–Trinajstić information content (AvgIpc) is 2.76. The monoisotopic (exact) mass is 274 g/mol. The van der Waals surface area contributed by atoms with Gasteiger partial charge in [-0.1, -0.05) is 17.3 Å². The first-order valence-corrected chi connectivity index (χ1v) is 5.91. The van der Waals surface area contributed by atoms with E-state index in [1.807, 2.05) is 0 Å². The maximum atomic E-state index is 11.7. The van der Waals surface area contributed by atoms with Crippen LogP contribution in [0.15, 0.2) is 34.9 Å². The first kappa shape index (κ1) is 13.6. The van der Waals surface area contributed by atoms with Gasteiger partial charge in [-0.15, -0.1) is 0 Å². The van der Waals surface area contributed by atoms with Gasteiger partial charge in [0.25, 0.3) is 0 Å². The molecule has 0 saturated heterocycles. The molecule has 1 aromatic heterocycles. The summed E-state index contributed by atoms with van der Waals surface area (Å²) in [5, 5.41) is 8.81. The van der Waals surface area contributed by atoms with E-state index in [0.29, 0.717) is 17.3 Å². The molecule has 0 fully saturated rings. The molecule has 0 bridgehead atoms. The summed E-state index contributed by atoms with van der Waals surface area (Å²) in [6.45, 7) is 1.73. The zero-order valence-corrected chi connectivity index (χ0v) is 10.8. The van der Waals surface area contributed by atoms with E-state index < -0.39 is 11.9 Å². The zero-order chi connectivity index (χ0) is 14.5. The maximum absolute atomic E-state index is 11.7. The lowest BCUT2D eigenvalue weighted by atomic mass is 10.1. The molecular formula is C13H14N4O3. The van der Waals surface area contributed by atoms with Crippen LogP contribution >= 0.6 is 0 Å². The summed E-state index contributed by atoms with van der Waals surface area (Å²) in [7, 11) is 0. The van der Waals surface area contributed by atoms with E-state index in [0.717, 1.165) is 5.56 Å². The Bertz CT molecular complexity index is 619. The standard InChI is InChI=1S/C13H14N4O3/c1-8-6-12(17-20-8)16-13(19)15-10-4-2-9(3-5-10)7-11(14)18/h2-6H,7H2,1H3,(H2,14,18)(H2,15,16,17,19). The molecular weight excluding hydrogens is 260 g/mol. The van der Waals surface area contributed by atoms with Crippen LogP contribution in [0.1, 0.15) is 11.3 Å². The molecule has 1 heterocycles. The number of hydrogen-bond donors (Lipinski definition) is 3. The lowest BCUT2D eigenvalue weighted by Crippen LogP contribution is -2.19. The van der Waals surface area contributed by atoms with Gasteiger partial charge in [0.05, 0.1) is 6.42 Å². The Labute approximate surface area is 115 Å². The lowest BCUT2D eigenvalue weighted by molar-refractivity contribution is -0.117. The number of benzene rings is 1. The van der Waals surface area contributed by atoms with Gasteiger partial charge in [0.15, 0.2) is 5.82 Å². The highest BCUT2D eigenvalue weighted by Crippen LogP contribution is 2.11. The van der Waals surface area contributed by atoms with Crippen molar-refractivity contribution in [3.8, 4) is 0 Å². The molecule has 1 aromatic carbocycles. The Morgan fingerprint density at radius 1 is 1.25 bits per heavy atom. The van der Waals surface area contributed by atoms with Crippen molar-refractivity contribution in [2.75, 3.05) is 10.6 Å². The van der Waals surface area contributed by atoms with Crippen LogP contribution in [0.5, 0.6) is 0 Å². The fourth-order valence-electron chi connectivity index (χ4n) is 1.61. The Hall–Kier alpha value is -2.83. The second-order valence-electron chi connectivity index (χ2n) is 4.24. The van der Waals surface area contributed by atoms with Gasteiger partial charge in [0, 0.05) is 11.8 Å². The van der Waals surface area contributed by atoms with Crippen molar-refractivity contribution in [3.63, 3.8) is 0 Å². The predicted octanol–water partition coefficient (Wildman–Crippen LogP) is 1.65. The quantitative estimate of drug-likeness (QED) is 0.787. The number of amides is 3. The fraction of sp³-hybridized carbons (Fsp3) is 0.154. The molecule has 0 aliphatic carbocycles. The number of urea groups is 1. The molecule has 0 aliphatic heterocycles. The molecule has 0 radical (unpaired) electrons. The van der Waals surface area contributed by atoms with Crippen molar-refractivity contribution in [2.45, 2.75) is 13.3 Å². The van der Waals surface area contributed by atoms with Gasteiger partial charge in [-0.25, -0.2) is 4.79 Å². The van der Waals surface area contributed by atoms with E-state index >= 15 is 0 Å². The maximum Gasteiger partial charge on any atom is 0.324 e. The molecule has 0 unspecified atom stereocenters. The van der Waals surface area contributed by atoms with Crippen molar-refractivity contribution in [1.29, 1.82) is 0 Å². The van der Waals surface area contributed by atoms with Gasteiger partial charge in [0.1, 0.15) is 5.76 Å². The van der Waals surface area contributed by atoms with E-state index in [1.165, 1.54) is 0 Å². The fourth-order valence-corrected chi connectivity index (χ4v) is 1.61. The van der Waals surface area contributed by atoms with Crippen molar-refractivity contribution in [2.24, 2.45) is 5.73 Å². The summed E-state index contributed by atoms with van der Waals surface area (Å²) < 4.78 is 4.83. The third-order valence-electron chi connectivity index (χ3n) is 2.46. The number of carbonyl (C=O) groups excluding carboxylic acids is 2. The second kappa shape index (κ2) is 5.87. The van der Waals surface area contributed by atoms with Crippen molar-refractivity contribution in [3.05, 3.63) is 41.7 Å². The lowest BCUT2D eigenvalue weighted by Gasteiger charge is -2.06. The van der Waals surface area contributed by atoms with Crippen LogP contribution in [-0.2, 0) is 11.2 Å². The van der Waals surface area contributed by atoms with Crippen LogP contribution in [0.2, 0.25) is 0 Å². The highest BCUT2D eigenvalue weighted by atomic mass is 16.5. The number of hydrogen-bond acceptors (Lipinski definition) is 4. The molecule has 2 aromatic rings. The van der Waals surface area contributed by atoms with Crippen LogP contribution in [0.4, 0.5) is 16.3 Å². The van der Waals surface area contributed by atoms with Crippen molar-refractivity contribution in [1.82, 2.24) is 5.16 Å². The SMILES string of the molecule is Cc1cc(NC(=O)Nc2ccc(CC(N)=O)cc2)no1. The number of nitrogens with one attached hydrogen (secondary N) is 2. The second-order valence-corrected chi connectivity index (χ2v) is 4.24. The van der Waals surface area contributed by atoms with Gasteiger partial charge in [-0.2, -0.15) is 0 Å². The Balaban J connectivity index is 1.92. The highest BCUT2D eigenvalue weighted by Gasteiger charge is 2.06. The number of aryl methyl sites for hydroxylation is 1. The van der Waals surface area contributed by atoms with Crippen LogP contribution in [0.25, 0.3) is 0 Å². The van der Waals surface area contributed by atoms with Gasteiger partial charge >= 0.3 is 6.03 Å². The predicted molar refractivity (Wildman–Crippen MR) is 73.2 cm³/mol. The van der Waals surface area contributed by atoms with Gasteiger partial charge in [0.2, 0.25) is 5.91 Å². The van der Waals surface area contributed by atoms with Crippen LogP contribution in [0, 0.1) is 6.92 Å². The Morgan fingerprint density at radius 2 is 1.95 bits per heavy atom. The first-order valence-electron chi connectivity index (χ1n) is 5.91. The molecule has 0 saturated carbocycles. The normalized spacial score (nSPS) is 10.1. The molecule has 7 heteroatoms. The van der Waals surface area contributed by atoms with E-state index in [2.05, 4.69) is 15.8 Å². The minimum atomic E-state index is -0.430. The summed E-state index contributed by atoms with van der Waals surface area (Å²) in [5.74, 6) is 0.548. The van der Waals surface area contributed by atoms with Gasteiger partial charge in [-0.05, 0) is 24.6 Å². The van der Waals surface area contributed by atoms with Crippen molar-refractivity contribution >= 4 is 23.4 Å². The number of nitrogens with zero attached hydrogens (tertiary/aromatic N) is 1. The van der Waals surface area contributed by atoms with Crippen molar-refractivity contribution < 1.29 is 14.1 Å². The Kier molecular flexibility index (Phi) is 3.99. The summed E-state index contributed by atoms with van der Waals surface area (Å²) in [6.07, 6.45) is 0.171. The summed E-state index contributed by atoms with van der Waals surface area (Å²) >= 11 is 0. The smallest absolute Gasteiger partial charge is 0.324 e. The molecule has 3 amide bonds. The van der Waals surface area contributed by atoms with Crippen LogP contribution < -0.4 is 16.4 Å². The minimum absolute atomic E-state index is 0.171.